The van der Waals surface area contributed by atoms with E-state index in [1.54, 1.807) is 24.3 Å². The quantitative estimate of drug-likeness (QED) is 0.778. The van der Waals surface area contributed by atoms with E-state index in [1.165, 1.54) is 25.1 Å². The number of halogens is 3. The lowest BCUT2D eigenvalue weighted by atomic mass is 10.1. The van der Waals surface area contributed by atoms with Crippen molar-refractivity contribution in [2.45, 2.75) is 18.3 Å². The molecular formula is C18H17F3N2O2S. The molecule has 2 N–H and O–H groups in total. The molecule has 2 aromatic rings. The predicted molar refractivity (Wildman–Crippen MR) is 97.1 cm³/mol. The zero-order valence-corrected chi connectivity index (χ0v) is 14.7. The number of benzene rings is 2. The SMILES string of the molecule is CC(SCC(=O)Nc1ccccc1)C(=O)Nc1ccccc1C(F)(F)F. The van der Waals surface area contributed by atoms with E-state index in [0.717, 1.165) is 17.8 Å². The van der Waals surface area contributed by atoms with Gasteiger partial charge >= 0.3 is 6.18 Å². The van der Waals surface area contributed by atoms with Gasteiger partial charge < -0.3 is 10.6 Å². The molecule has 1 unspecified atom stereocenters. The van der Waals surface area contributed by atoms with Crippen molar-refractivity contribution in [2.75, 3.05) is 16.4 Å². The molecule has 8 heteroatoms. The van der Waals surface area contributed by atoms with Crippen molar-refractivity contribution in [3.63, 3.8) is 0 Å². The first-order valence-electron chi connectivity index (χ1n) is 7.71. The first-order valence-corrected chi connectivity index (χ1v) is 8.76. The summed E-state index contributed by atoms with van der Waals surface area (Å²) in [5, 5.41) is 4.26. The van der Waals surface area contributed by atoms with Gasteiger partial charge in [0.25, 0.3) is 0 Å². The van der Waals surface area contributed by atoms with E-state index >= 15 is 0 Å². The molecule has 1 atom stereocenters. The van der Waals surface area contributed by atoms with Crippen LogP contribution in [-0.4, -0.2) is 22.8 Å². The molecule has 26 heavy (non-hydrogen) atoms. The second-order valence-electron chi connectivity index (χ2n) is 5.40. The van der Waals surface area contributed by atoms with Gasteiger partial charge in [-0.25, -0.2) is 0 Å². The number of amides is 2. The topological polar surface area (TPSA) is 58.2 Å². The zero-order chi connectivity index (χ0) is 19.2. The Balaban J connectivity index is 1.89. The summed E-state index contributed by atoms with van der Waals surface area (Å²) in [6.45, 7) is 1.53. The normalized spacial score (nSPS) is 12.3. The minimum atomic E-state index is -4.56. The molecule has 0 fully saturated rings. The van der Waals surface area contributed by atoms with Gasteiger partial charge in [0.2, 0.25) is 11.8 Å². The van der Waals surface area contributed by atoms with E-state index in [4.69, 9.17) is 0 Å². The number of carbonyl (C=O) groups excluding carboxylic acids is 2. The van der Waals surface area contributed by atoms with Crippen LogP contribution in [0, 0.1) is 0 Å². The highest BCUT2D eigenvalue weighted by molar-refractivity contribution is 8.01. The first kappa shape index (κ1) is 19.8. The molecule has 0 aliphatic rings. The third-order valence-electron chi connectivity index (χ3n) is 3.38. The molecule has 4 nitrogen and oxygen atoms in total. The molecule has 0 saturated heterocycles. The van der Waals surface area contributed by atoms with E-state index in [1.807, 2.05) is 6.07 Å². The first-order chi connectivity index (χ1) is 12.3. The van der Waals surface area contributed by atoms with Crippen LogP contribution in [0.5, 0.6) is 0 Å². The number of alkyl halides is 3. The van der Waals surface area contributed by atoms with Crippen LogP contribution in [-0.2, 0) is 15.8 Å². The van der Waals surface area contributed by atoms with Gasteiger partial charge in [-0.3, -0.25) is 9.59 Å². The van der Waals surface area contributed by atoms with Crippen LogP contribution in [0.1, 0.15) is 12.5 Å². The van der Waals surface area contributed by atoms with E-state index in [9.17, 15) is 22.8 Å². The maximum Gasteiger partial charge on any atom is 0.418 e. The van der Waals surface area contributed by atoms with Crippen molar-refractivity contribution in [3.05, 3.63) is 60.2 Å². The fourth-order valence-corrected chi connectivity index (χ4v) is 2.75. The number of thioether (sulfide) groups is 1. The van der Waals surface area contributed by atoms with Gasteiger partial charge in [-0.1, -0.05) is 30.3 Å². The lowest BCUT2D eigenvalue weighted by Crippen LogP contribution is -2.26. The summed E-state index contributed by atoms with van der Waals surface area (Å²) in [5.74, 6) is -0.888. The predicted octanol–water partition coefficient (Wildman–Crippen LogP) is 4.40. The van der Waals surface area contributed by atoms with Gasteiger partial charge in [0.05, 0.1) is 22.3 Å². The zero-order valence-electron chi connectivity index (χ0n) is 13.8. The van der Waals surface area contributed by atoms with Crippen molar-refractivity contribution in [1.82, 2.24) is 0 Å². The van der Waals surface area contributed by atoms with Gasteiger partial charge in [-0.05, 0) is 31.2 Å². The van der Waals surface area contributed by atoms with Gasteiger partial charge in [-0.2, -0.15) is 13.2 Å². The Morgan fingerprint density at radius 2 is 1.62 bits per heavy atom. The van der Waals surface area contributed by atoms with E-state index in [2.05, 4.69) is 10.6 Å². The Bertz CT molecular complexity index is 767. The van der Waals surface area contributed by atoms with Gasteiger partial charge in [0.1, 0.15) is 0 Å². The fraction of sp³-hybridized carbons (Fsp3) is 0.222. The van der Waals surface area contributed by atoms with Crippen LogP contribution < -0.4 is 10.6 Å². The van der Waals surface area contributed by atoms with Gasteiger partial charge in [0, 0.05) is 5.69 Å². The molecule has 0 saturated carbocycles. The number of rotatable bonds is 6. The summed E-state index contributed by atoms with van der Waals surface area (Å²) in [5.41, 5.74) is -0.576. The Morgan fingerprint density at radius 3 is 2.27 bits per heavy atom. The maximum absolute atomic E-state index is 13.0. The Labute approximate surface area is 153 Å². The largest absolute Gasteiger partial charge is 0.418 e. The minimum absolute atomic E-state index is 0.00436. The summed E-state index contributed by atoms with van der Waals surface area (Å²) in [4.78, 5) is 24.0. The monoisotopic (exact) mass is 382 g/mol. The molecule has 138 valence electrons. The van der Waals surface area contributed by atoms with Gasteiger partial charge in [-0.15, -0.1) is 11.8 Å². The third-order valence-corrected chi connectivity index (χ3v) is 4.52. The lowest BCUT2D eigenvalue weighted by Gasteiger charge is -2.16. The van der Waals surface area contributed by atoms with Gasteiger partial charge in [0.15, 0.2) is 0 Å². The van der Waals surface area contributed by atoms with Crippen molar-refractivity contribution >= 4 is 35.0 Å². The molecule has 2 amide bonds. The van der Waals surface area contributed by atoms with Crippen LogP contribution >= 0.6 is 11.8 Å². The Hall–Kier alpha value is -2.48. The summed E-state index contributed by atoms with van der Waals surface area (Å²) >= 11 is 1.04. The molecule has 0 spiro atoms. The number of hydrogen-bond donors (Lipinski definition) is 2. The number of anilines is 2. The standard InChI is InChI=1S/C18H17F3N2O2S/c1-12(26-11-16(24)22-13-7-3-2-4-8-13)17(25)23-15-10-6-5-9-14(15)18(19,20)21/h2-10,12H,11H2,1H3,(H,22,24)(H,23,25). The third kappa shape index (κ3) is 5.80. The van der Waals surface area contributed by atoms with Crippen LogP contribution in [0.25, 0.3) is 0 Å². The molecule has 2 rings (SSSR count). The minimum Gasteiger partial charge on any atom is -0.325 e. The molecule has 0 heterocycles. The van der Waals surface area contributed by atoms with Crippen molar-refractivity contribution < 1.29 is 22.8 Å². The summed E-state index contributed by atoms with van der Waals surface area (Å²) in [6.07, 6.45) is -4.56. The fourth-order valence-electron chi connectivity index (χ4n) is 2.07. The summed E-state index contributed by atoms with van der Waals surface area (Å²) in [7, 11) is 0. The average molecular weight is 382 g/mol. The Kier molecular flexibility index (Phi) is 6.68. The smallest absolute Gasteiger partial charge is 0.325 e. The van der Waals surface area contributed by atoms with Crippen molar-refractivity contribution in [3.8, 4) is 0 Å². The van der Waals surface area contributed by atoms with Crippen LogP contribution in [0.2, 0.25) is 0 Å². The lowest BCUT2D eigenvalue weighted by molar-refractivity contribution is -0.137. The number of nitrogens with one attached hydrogen (secondary N) is 2. The summed E-state index contributed by atoms with van der Waals surface area (Å²) in [6, 6.07) is 13.6. The molecule has 0 bridgehead atoms. The summed E-state index contributed by atoms with van der Waals surface area (Å²) < 4.78 is 38.9. The average Bonchev–Trinajstić information content (AvgIpc) is 2.60. The maximum atomic E-state index is 13.0. The highest BCUT2D eigenvalue weighted by Gasteiger charge is 2.33. The van der Waals surface area contributed by atoms with Crippen molar-refractivity contribution in [2.24, 2.45) is 0 Å². The molecular weight excluding hydrogens is 365 g/mol. The molecule has 2 aromatic carbocycles. The van der Waals surface area contributed by atoms with Crippen LogP contribution in [0.15, 0.2) is 54.6 Å². The van der Waals surface area contributed by atoms with Crippen LogP contribution in [0.3, 0.4) is 0 Å². The molecule has 0 aliphatic carbocycles. The van der Waals surface area contributed by atoms with E-state index in [0.29, 0.717) is 5.69 Å². The van der Waals surface area contributed by atoms with E-state index < -0.39 is 22.9 Å². The number of para-hydroxylation sites is 2. The molecule has 0 aromatic heterocycles. The number of hydrogen-bond acceptors (Lipinski definition) is 3. The second-order valence-corrected chi connectivity index (χ2v) is 6.73. The van der Waals surface area contributed by atoms with Crippen molar-refractivity contribution in [1.29, 1.82) is 0 Å². The highest BCUT2D eigenvalue weighted by atomic mass is 32.2. The molecule has 0 radical (unpaired) electrons. The highest BCUT2D eigenvalue weighted by Crippen LogP contribution is 2.34. The van der Waals surface area contributed by atoms with E-state index in [-0.39, 0.29) is 17.3 Å². The number of carbonyl (C=O) groups is 2. The van der Waals surface area contributed by atoms with Crippen LogP contribution in [0.4, 0.5) is 24.5 Å². The second kappa shape index (κ2) is 8.75. The molecule has 0 aliphatic heterocycles. The Morgan fingerprint density at radius 1 is 1.00 bits per heavy atom.